The lowest BCUT2D eigenvalue weighted by molar-refractivity contribution is 0.0932. The van der Waals surface area contributed by atoms with Gasteiger partial charge in [0.25, 0.3) is 0 Å². The molecule has 2 atom stereocenters. The fourth-order valence-corrected chi connectivity index (χ4v) is 4.88. The van der Waals surface area contributed by atoms with Crippen LogP contribution in [-0.4, -0.2) is 36.5 Å². The van der Waals surface area contributed by atoms with E-state index in [9.17, 15) is 9.59 Å². The lowest BCUT2D eigenvalue weighted by Gasteiger charge is -2.41. The lowest BCUT2D eigenvalue weighted by atomic mass is 9.77. The van der Waals surface area contributed by atoms with Crippen molar-refractivity contribution in [2.45, 2.75) is 46.2 Å². The summed E-state index contributed by atoms with van der Waals surface area (Å²) in [5.41, 5.74) is 5.26. The number of hydrogen-bond donors (Lipinski definition) is 0. The molecule has 0 spiro atoms. The Morgan fingerprint density at radius 1 is 0.886 bits per heavy atom. The first-order valence-corrected chi connectivity index (χ1v) is 12.4. The van der Waals surface area contributed by atoms with E-state index in [0.29, 0.717) is 11.3 Å². The Labute approximate surface area is 208 Å². The minimum Gasteiger partial charge on any atom is -0.449 e. The molecule has 1 amide bonds. The SMILES string of the molecule is CCOC(=O)N1c2ccccc2C(=O)C(c2ccc(C)cc2)C1c1ccc(CN(CC)CC)cc1. The summed E-state index contributed by atoms with van der Waals surface area (Å²) in [4.78, 5) is 31.3. The van der Waals surface area contributed by atoms with Gasteiger partial charge in [0.1, 0.15) is 0 Å². The first-order chi connectivity index (χ1) is 17.0. The molecule has 0 saturated heterocycles. The molecule has 1 heterocycles. The lowest BCUT2D eigenvalue weighted by Crippen LogP contribution is -2.45. The molecule has 0 saturated carbocycles. The van der Waals surface area contributed by atoms with Gasteiger partial charge in [-0.15, -0.1) is 0 Å². The minimum absolute atomic E-state index is 0.0159. The second-order valence-corrected chi connectivity index (χ2v) is 8.99. The van der Waals surface area contributed by atoms with Crippen molar-refractivity contribution in [2.24, 2.45) is 0 Å². The van der Waals surface area contributed by atoms with E-state index in [1.807, 2.05) is 49.4 Å². The number of fused-ring (bicyclic) bond motifs is 1. The van der Waals surface area contributed by atoms with E-state index in [2.05, 4.69) is 43.0 Å². The quantitative estimate of drug-likeness (QED) is 0.394. The zero-order valence-corrected chi connectivity index (χ0v) is 21.0. The smallest absolute Gasteiger partial charge is 0.414 e. The van der Waals surface area contributed by atoms with E-state index in [1.54, 1.807) is 17.9 Å². The number of ketones is 1. The fourth-order valence-electron chi connectivity index (χ4n) is 4.88. The summed E-state index contributed by atoms with van der Waals surface area (Å²) < 4.78 is 5.50. The Kier molecular flexibility index (Phi) is 7.67. The number of amides is 1. The third-order valence-electron chi connectivity index (χ3n) is 6.83. The molecular formula is C30H34N2O3. The first-order valence-electron chi connectivity index (χ1n) is 12.4. The topological polar surface area (TPSA) is 49.9 Å². The summed E-state index contributed by atoms with van der Waals surface area (Å²) in [6.07, 6.45) is -0.443. The van der Waals surface area contributed by atoms with Crippen molar-refractivity contribution in [3.63, 3.8) is 0 Å². The maximum Gasteiger partial charge on any atom is 0.414 e. The molecule has 182 valence electrons. The molecule has 2 unspecified atom stereocenters. The van der Waals surface area contributed by atoms with Crippen LogP contribution in [0.3, 0.4) is 0 Å². The summed E-state index contributed by atoms with van der Waals surface area (Å²) in [5, 5.41) is 0. The van der Waals surface area contributed by atoms with E-state index < -0.39 is 18.1 Å². The molecule has 3 aromatic rings. The van der Waals surface area contributed by atoms with Gasteiger partial charge in [0.15, 0.2) is 5.78 Å². The molecule has 35 heavy (non-hydrogen) atoms. The molecule has 0 fully saturated rings. The predicted octanol–water partition coefficient (Wildman–Crippen LogP) is 6.52. The van der Waals surface area contributed by atoms with Crippen LogP contribution < -0.4 is 4.90 Å². The summed E-state index contributed by atoms with van der Waals surface area (Å²) in [6.45, 7) is 11.2. The van der Waals surface area contributed by atoms with E-state index in [4.69, 9.17) is 4.74 Å². The van der Waals surface area contributed by atoms with E-state index in [1.165, 1.54) is 5.56 Å². The average Bonchev–Trinajstić information content (AvgIpc) is 2.88. The van der Waals surface area contributed by atoms with Gasteiger partial charge >= 0.3 is 6.09 Å². The summed E-state index contributed by atoms with van der Waals surface area (Å²) >= 11 is 0. The molecule has 0 radical (unpaired) electrons. The Morgan fingerprint density at radius 3 is 2.14 bits per heavy atom. The third-order valence-corrected chi connectivity index (χ3v) is 6.83. The number of Topliss-reactive ketones (excluding diaryl/α,β-unsaturated/α-hetero) is 1. The van der Waals surface area contributed by atoms with E-state index >= 15 is 0 Å². The zero-order valence-electron chi connectivity index (χ0n) is 21.0. The van der Waals surface area contributed by atoms with Crippen LogP contribution in [0.4, 0.5) is 10.5 Å². The van der Waals surface area contributed by atoms with Gasteiger partial charge in [-0.3, -0.25) is 14.6 Å². The first kappa shape index (κ1) is 24.7. The van der Waals surface area contributed by atoms with E-state index in [-0.39, 0.29) is 12.4 Å². The highest BCUT2D eigenvalue weighted by atomic mass is 16.6. The molecule has 3 aromatic carbocycles. The Morgan fingerprint density at radius 2 is 1.51 bits per heavy atom. The number of benzene rings is 3. The molecule has 0 aromatic heterocycles. The Balaban J connectivity index is 1.85. The average molecular weight is 471 g/mol. The molecule has 0 aliphatic carbocycles. The van der Waals surface area contributed by atoms with Crippen LogP contribution in [0.25, 0.3) is 0 Å². The van der Waals surface area contributed by atoms with E-state index in [0.717, 1.165) is 36.3 Å². The van der Waals surface area contributed by atoms with Crippen LogP contribution >= 0.6 is 0 Å². The third kappa shape index (κ3) is 5.01. The van der Waals surface area contributed by atoms with Crippen LogP contribution in [0, 0.1) is 6.92 Å². The summed E-state index contributed by atoms with van der Waals surface area (Å²) in [7, 11) is 0. The van der Waals surface area contributed by atoms with Crippen LogP contribution in [0.1, 0.15) is 65.3 Å². The number of ether oxygens (including phenoxy) is 1. The van der Waals surface area contributed by atoms with Crippen molar-refractivity contribution in [2.75, 3.05) is 24.6 Å². The Bertz CT molecular complexity index is 1170. The number of hydrogen-bond acceptors (Lipinski definition) is 4. The monoisotopic (exact) mass is 470 g/mol. The summed E-state index contributed by atoms with van der Waals surface area (Å²) in [5.74, 6) is -0.522. The second kappa shape index (κ2) is 10.9. The van der Waals surface area contributed by atoms with Crippen molar-refractivity contribution >= 4 is 17.6 Å². The number of nitrogens with zero attached hydrogens (tertiary/aromatic N) is 2. The van der Waals surface area contributed by atoms with Gasteiger partial charge in [0.2, 0.25) is 0 Å². The van der Waals surface area contributed by atoms with Gasteiger partial charge < -0.3 is 4.74 Å². The van der Waals surface area contributed by atoms with Crippen LogP contribution in [0.2, 0.25) is 0 Å². The number of carbonyl (C=O) groups is 2. The number of para-hydroxylation sites is 1. The number of aryl methyl sites for hydroxylation is 1. The standard InChI is InChI=1S/C30H34N2O3/c1-5-31(6-2)20-22-14-18-24(19-15-22)28-27(23-16-12-21(4)13-17-23)29(33)25-10-8-9-11-26(25)32(28)30(34)35-7-3/h8-19,27-28H,5-7,20H2,1-4H3. The van der Waals surface area contributed by atoms with Crippen LogP contribution in [-0.2, 0) is 11.3 Å². The second-order valence-electron chi connectivity index (χ2n) is 8.99. The predicted molar refractivity (Wildman–Crippen MR) is 140 cm³/mol. The molecule has 5 nitrogen and oxygen atoms in total. The maximum atomic E-state index is 13.9. The Hall–Kier alpha value is -3.44. The van der Waals surface area contributed by atoms with Gasteiger partial charge in [-0.25, -0.2) is 4.79 Å². The van der Waals surface area contributed by atoms with Crippen LogP contribution in [0.5, 0.6) is 0 Å². The zero-order chi connectivity index (χ0) is 24.9. The molecule has 0 bridgehead atoms. The van der Waals surface area contributed by atoms with Gasteiger partial charge in [-0.05, 0) is 55.8 Å². The minimum atomic E-state index is -0.538. The van der Waals surface area contributed by atoms with Gasteiger partial charge in [0, 0.05) is 12.1 Å². The van der Waals surface area contributed by atoms with Crippen molar-refractivity contribution < 1.29 is 14.3 Å². The summed E-state index contributed by atoms with van der Waals surface area (Å²) in [6, 6.07) is 23.2. The van der Waals surface area contributed by atoms with Gasteiger partial charge in [0.05, 0.1) is 24.3 Å². The highest BCUT2D eigenvalue weighted by Crippen LogP contribution is 2.47. The number of anilines is 1. The van der Waals surface area contributed by atoms with Crippen molar-refractivity contribution in [1.82, 2.24) is 4.90 Å². The van der Waals surface area contributed by atoms with Gasteiger partial charge in [-0.2, -0.15) is 0 Å². The van der Waals surface area contributed by atoms with Gasteiger partial charge in [-0.1, -0.05) is 80.1 Å². The number of rotatable bonds is 7. The molecular weight excluding hydrogens is 436 g/mol. The van der Waals surface area contributed by atoms with Crippen molar-refractivity contribution in [1.29, 1.82) is 0 Å². The fraction of sp³-hybridized carbons (Fsp3) is 0.333. The largest absolute Gasteiger partial charge is 0.449 e. The van der Waals surface area contributed by atoms with Crippen molar-refractivity contribution in [3.8, 4) is 0 Å². The maximum absolute atomic E-state index is 13.9. The number of carbonyl (C=O) groups excluding carboxylic acids is 2. The molecule has 0 N–H and O–H groups in total. The van der Waals surface area contributed by atoms with Crippen LogP contribution in [0.15, 0.2) is 72.8 Å². The highest BCUT2D eigenvalue weighted by molar-refractivity contribution is 6.11. The highest BCUT2D eigenvalue weighted by Gasteiger charge is 2.45. The molecule has 5 heteroatoms. The normalized spacial score (nSPS) is 17.4. The molecule has 4 rings (SSSR count). The molecule has 1 aliphatic heterocycles. The van der Waals surface area contributed by atoms with Crippen molar-refractivity contribution in [3.05, 3.63) is 101 Å². The molecule has 1 aliphatic rings.